The van der Waals surface area contributed by atoms with E-state index in [9.17, 15) is 0 Å². The lowest BCUT2D eigenvalue weighted by atomic mass is 9.87. The molecule has 5 rings (SSSR count). The van der Waals surface area contributed by atoms with Gasteiger partial charge >= 0.3 is 0 Å². The molecule has 1 N–H and O–H groups in total. The molecule has 1 nitrogen and oxygen atoms in total. The first-order valence-corrected chi connectivity index (χ1v) is 9.96. The highest BCUT2D eigenvalue weighted by Crippen LogP contribution is 2.45. The maximum absolute atomic E-state index is 3.65. The van der Waals surface area contributed by atoms with Gasteiger partial charge in [-0.15, -0.1) is 0 Å². The fourth-order valence-electron chi connectivity index (χ4n) is 3.88. The Morgan fingerprint density at radius 3 is 2.38 bits per heavy atom. The molecule has 0 radical (unpaired) electrons. The predicted octanol–water partition coefficient (Wildman–Crippen LogP) is 6.99. The van der Waals surface area contributed by atoms with Crippen LogP contribution in [0.5, 0.6) is 0 Å². The summed E-state index contributed by atoms with van der Waals surface area (Å²) in [6, 6.07) is 25.8. The molecule has 126 valence electrons. The molecule has 4 aromatic rings. The lowest BCUT2D eigenvalue weighted by Gasteiger charge is -2.27. The molecule has 1 aromatic heterocycles. The summed E-state index contributed by atoms with van der Waals surface area (Å²) in [4.78, 5) is 3.65. The summed E-state index contributed by atoms with van der Waals surface area (Å²) in [5.41, 5.74) is 6.40. The zero-order valence-electron chi connectivity index (χ0n) is 14.2. The maximum Gasteiger partial charge on any atom is 0.0708 e. The molecule has 0 fully saturated rings. The van der Waals surface area contributed by atoms with Gasteiger partial charge in [-0.25, -0.2) is 0 Å². The normalized spacial score (nSPS) is 19.8. The molecule has 3 aromatic carbocycles. The number of aromatic amines is 1. The van der Waals surface area contributed by atoms with Gasteiger partial charge in [0, 0.05) is 16.3 Å². The first kappa shape index (κ1) is 15.9. The summed E-state index contributed by atoms with van der Waals surface area (Å²) in [7, 11) is 0. The predicted molar refractivity (Wildman–Crippen MR) is 120 cm³/mol. The van der Waals surface area contributed by atoms with Crippen molar-refractivity contribution in [1.29, 1.82) is 0 Å². The molecule has 1 atom stereocenters. The molecular weight excluding hydrogens is 429 g/mol. The summed E-state index contributed by atoms with van der Waals surface area (Å²) in [6.45, 7) is 0. The van der Waals surface area contributed by atoms with E-state index in [2.05, 4.69) is 119 Å². The van der Waals surface area contributed by atoms with E-state index in [1.165, 1.54) is 38.5 Å². The van der Waals surface area contributed by atoms with Crippen LogP contribution in [0.15, 0.2) is 91.0 Å². The summed E-state index contributed by atoms with van der Waals surface area (Å²) in [5, 5.41) is 2.60. The molecule has 2 heteroatoms. The van der Waals surface area contributed by atoms with Gasteiger partial charge in [-0.3, -0.25) is 0 Å². The number of allylic oxidation sites excluding steroid dienone is 4. The number of hydrogen-bond donors (Lipinski definition) is 1. The summed E-state index contributed by atoms with van der Waals surface area (Å²) in [6.07, 6.45) is 7.98. The number of hydrogen-bond acceptors (Lipinski definition) is 0. The number of alkyl halides is 1. The highest BCUT2D eigenvalue weighted by atomic mass is 127. The van der Waals surface area contributed by atoms with E-state index in [1.54, 1.807) is 0 Å². The second-order valence-electron chi connectivity index (χ2n) is 6.82. The minimum absolute atomic E-state index is 0.0313. The Morgan fingerprint density at radius 1 is 0.808 bits per heavy atom. The SMILES string of the molecule is IC1(c2cccc3c2[nH]c2ccccc23)C=CC(c2ccccc2)=CC1. The standard InChI is InChI=1S/C24H18IN/c25-24(15-13-18(14-16-24)17-7-2-1-3-8-17)21-11-6-10-20-19-9-4-5-12-22(19)26-23(20)21/h1-15,26H,16H2. The van der Waals surface area contributed by atoms with Crippen LogP contribution in [0.3, 0.4) is 0 Å². The van der Waals surface area contributed by atoms with E-state index in [0.717, 1.165) is 6.42 Å². The molecule has 1 unspecified atom stereocenters. The quantitative estimate of drug-likeness (QED) is 0.252. The van der Waals surface area contributed by atoms with Crippen molar-refractivity contribution in [3.8, 4) is 0 Å². The van der Waals surface area contributed by atoms with Gasteiger partial charge in [0.05, 0.1) is 8.94 Å². The van der Waals surface area contributed by atoms with Crippen molar-refractivity contribution in [3.63, 3.8) is 0 Å². The second kappa shape index (κ2) is 6.13. The molecule has 0 bridgehead atoms. The summed E-state index contributed by atoms with van der Waals surface area (Å²) in [5.74, 6) is 0. The Morgan fingerprint density at radius 2 is 1.58 bits per heavy atom. The van der Waals surface area contributed by atoms with Crippen LogP contribution in [0.2, 0.25) is 0 Å². The minimum Gasteiger partial charge on any atom is -0.354 e. The van der Waals surface area contributed by atoms with Crippen LogP contribution in [0.4, 0.5) is 0 Å². The molecule has 1 heterocycles. The van der Waals surface area contributed by atoms with Crippen molar-refractivity contribution in [2.24, 2.45) is 0 Å². The van der Waals surface area contributed by atoms with Crippen molar-refractivity contribution in [3.05, 3.63) is 102 Å². The van der Waals surface area contributed by atoms with Gasteiger partial charge in [0.2, 0.25) is 0 Å². The number of para-hydroxylation sites is 2. The van der Waals surface area contributed by atoms with Gasteiger partial charge in [-0.05, 0) is 29.2 Å². The molecule has 1 aliphatic rings. The Labute approximate surface area is 166 Å². The van der Waals surface area contributed by atoms with Gasteiger partial charge in [0.1, 0.15) is 0 Å². The number of rotatable bonds is 2. The number of benzene rings is 3. The topological polar surface area (TPSA) is 15.8 Å². The van der Waals surface area contributed by atoms with Crippen LogP contribution in [-0.4, -0.2) is 4.98 Å². The number of halogens is 1. The minimum atomic E-state index is -0.0313. The fourth-order valence-corrected chi connectivity index (χ4v) is 4.73. The Balaban J connectivity index is 1.60. The smallest absolute Gasteiger partial charge is 0.0708 e. The van der Waals surface area contributed by atoms with Crippen LogP contribution < -0.4 is 0 Å². The zero-order chi connectivity index (χ0) is 17.6. The number of H-pyrrole nitrogens is 1. The Bertz CT molecular complexity index is 1170. The van der Waals surface area contributed by atoms with Crippen molar-refractivity contribution in [1.82, 2.24) is 4.98 Å². The number of fused-ring (bicyclic) bond motifs is 3. The molecule has 0 amide bonds. The van der Waals surface area contributed by atoms with E-state index >= 15 is 0 Å². The van der Waals surface area contributed by atoms with E-state index in [4.69, 9.17) is 0 Å². The monoisotopic (exact) mass is 447 g/mol. The zero-order valence-corrected chi connectivity index (χ0v) is 16.4. The molecule has 0 spiro atoms. The molecule has 1 aliphatic carbocycles. The average molecular weight is 447 g/mol. The third kappa shape index (κ3) is 2.52. The van der Waals surface area contributed by atoms with E-state index in [-0.39, 0.29) is 3.42 Å². The molecule has 0 aliphatic heterocycles. The van der Waals surface area contributed by atoms with E-state index in [0.29, 0.717) is 0 Å². The number of aromatic nitrogens is 1. The van der Waals surface area contributed by atoms with Crippen LogP contribution >= 0.6 is 22.6 Å². The van der Waals surface area contributed by atoms with Gasteiger partial charge in [-0.1, -0.05) is 108 Å². The maximum atomic E-state index is 3.65. The molecule has 0 saturated heterocycles. The summed E-state index contributed by atoms with van der Waals surface area (Å²) < 4.78 is -0.0313. The second-order valence-corrected chi connectivity index (χ2v) is 8.75. The van der Waals surface area contributed by atoms with Gasteiger partial charge < -0.3 is 4.98 Å². The van der Waals surface area contributed by atoms with Crippen LogP contribution in [0, 0.1) is 0 Å². The van der Waals surface area contributed by atoms with Crippen LogP contribution in [0.25, 0.3) is 27.4 Å². The lowest BCUT2D eigenvalue weighted by Crippen LogP contribution is -2.16. The highest BCUT2D eigenvalue weighted by Gasteiger charge is 2.29. The average Bonchev–Trinajstić information content (AvgIpc) is 3.08. The van der Waals surface area contributed by atoms with E-state index in [1.807, 2.05) is 0 Å². The van der Waals surface area contributed by atoms with Crippen molar-refractivity contribution < 1.29 is 0 Å². The van der Waals surface area contributed by atoms with Gasteiger partial charge in [-0.2, -0.15) is 0 Å². The Kier molecular flexibility index (Phi) is 3.75. The molecule has 0 saturated carbocycles. The first-order chi connectivity index (χ1) is 12.7. The molecule has 26 heavy (non-hydrogen) atoms. The van der Waals surface area contributed by atoms with Crippen molar-refractivity contribution in [2.45, 2.75) is 9.84 Å². The third-order valence-corrected chi connectivity index (χ3v) is 6.62. The highest BCUT2D eigenvalue weighted by molar-refractivity contribution is 14.1. The number of nitrogens with one attached hydrogen (secondary N) is 1. The van der Waals surface area contributed by atoms with Crippen molar-refractivity contribution >= 4 is 50.0 Å². The molecular formula is C24H18IN. The van der Waals surface area contributed by atoms with Crippen molar-refractivity contribution in [2.75, 3.05) is 0 Å². The first-order valence-electron chi connectivity index (χ1n) is 8.88. The third-order valence-electron chi connectivity index (χ3n) is 5.24. The van der Waals surface area contributed by atoms with Gasteiger partial charge in [0.15, 0.2) is 0 Å². The van der Waals surface area contributed by atoms with Crippen LogP contribution in [0.1, 0.15) is 17.5 Å². The van der Waals surface area contributed by atoms with Gasteiger partial charge in [0.25, 0.3) is 0 Å². The summed E-state index contributed by atoms with van der Waals surface area (Å²) >= 11 is 2.61. The van der Waals surface area contributed by atoms with Crippen LogP contribution in [-0.2, 0) is 3.42 Å². The lowest BCUT2D eigenvalue weighted by molar-refractivity contribution is 0.827. The fraction of sp³-hybridized carbons (Fsp3) is 0.0833. The van der Waals surface area contributed by atoms with E-state index < -0.39 is 0 Å². The largest absolute Gasteiger partial charge is 0.354 e. The Hall–Kier alpha value is -2.33.